The first kappa shape index (κ1) is 9.68. The quantitative estimate of drug-likeness (QED) is 0.735. The maximum Gasteiger partial charge on any atom is 0.0670 e. The number of nitrogens with one attached hydrogen (secondary N) is 1. The van der Waals surface area contributed by atoms with Gasteiger partial charge in [0.15, 0.2) is 0 Å². The first-order chi connectivity index (χ1) is 6.70. The van der Waals surface area contributed by atoms with Crippen LogP contribution in [0.3, 0.4) is 0 Å². The Kier molecular flexibility index (Phi) is 2.56. The number of likely N-dealkylation sites (tertiary alicyclic amines) is 1. The lowest BCUT2D eigenvalue weighted by atomic mass is 10.1. The van der Waals surface area contributed by atoms with Crippen LogP contribution < -0.4 is 5.73 Å². The molecule has 1 aliphatic heterocycles. The Morgan fingerprint density at radius 3 is 3.00 bits per heavy atom. The SMILES string of the molecule is CC(C)N1CCC(N)C1c1ccn[nH]1. The van der Waals surface area contributed by atoms with Gasteiger partial charge >= 0.3 is 0 Å². The highest BCUT2D eigenvalue weighted by Gasteiger charge is 2.34. The van der Waals surface area contributed by atoms with Crippen LogP contribution in [-0.4, -0.2) is 33.7 Å². The fourth-order valence-electron chi connectivity index (χ4n) is 2.26. The van der Waals surface area contributed by atoms with E-state index in [-0.39, 0.29) is 6.04 Å². The van der Waals surface area contributed by atoms with E-state index in [4.69, 9.17) is 5.73 Å². The number of H-pyrrole nitrogens is 1. The lowest BCUT2D eigenvalue weighted by molar-refractivity contribution is 0.194. The molecule has 78 valence electrons. The summed E-state index contributed by atoms with van der Waals surface area (Å²) in [4.78, 5) is 2.43. The molecule has 2 unspecified atom stereocenters. The lowest BCUT2D eigenvalue weighted by Crippen LogP contribution is -2.36. The highest BCUT2D eigenvalue weighted by Crippen LogP contribution is 2.31. The first-order valence-corrected chi connectivity index (χ1v) is 5.20. The fraction of sp³-hybridized carbons (Fsp3) is 0.700. The maximum absolute atomic E-state index is 6.11. The number of hydrogen-bond donors (Lipinski definition) is 2. The number of hydrogen-bond acceptors (Lipinski definition) is 3. The summed E-state index contributed by atoms with van der Waals surface area (Å²) >= 11 is 0. The molecule has 0 aromatic carbocycles. The molecule has 1 fully saturated rings. The summed E-state index contributed by atoms with van der Waals surface area (Å²) in [6, 6.07) is 3.11. The van der Waals surface area contributed by atoms with Gasteiger partial charge < -0.3 is 5.73 Å². The van der Waals surface area contributed by atoms with Gasteiger partial charge in [-0.1, -0.05) is 0 Å². The Bertz CT molecular complexity index is 280. The summed E-state index contributed by atoms with van der Waals surface area (Å²) in [5, 5.41) is 7.01. The molecule has 0 aliphatic carbocycles. The second-order valence-corrected chi connectivity index (χ2v) is 4.24. The zero-order valence-electron chi connectivity index (χ0n) is 8.77. The minimum absolute atomic E-state index is 0.234. The molecule has 2 atom stereocenters. The molecule has 4 nitrogen and oxygen atoms in total. The van der Waals surface area contributed by atoms with Crippen LogP contribution in [0.25, 0.3) is 0 Å². The molecule has 14 heavy (non-hydrogen) atoms. The van der Waals surface area contributed by atoms with Crippen LogP contribution in [0.2, 0.25) is 0 Å². The number of nitrogens with two attached hydrogens (primary N) is 1. The minimum Gasteiger partial charge on any atom is -0.326 e. The van der Waals surface area contributed by atoms with Crippen LogP contribution in [-0.2, 0) is 0 Å². The van der Waals surface area contributed by atoms with E-state index in [9.17, 15) is 0 Å². The number of aromatic amines is 1. The molecule has 3 N–H and O–H groups in total. The van der Waals surface area contributed by atoms with Gasteiger partial charge in [0.1, 0.15) is 0 Å². The van der Waals surface area contributed by atoms with Crippen LogP contribution in [0.1, 0.15) is 32.0 Å². The van der Waals surface area contributed by atoms with Crippen molar-refractivity contribution in [3.63, 3.8) is 0 Å². The van der Waals surface area contributed by atoms with E-state index in [1.807, 2.05) is 6.07 Å². The van der Waals surface area contributed by atoms with E-state index < -0.39 is 0 Å². The van der Waals surface area contributed by atoms with Crippen LogP contribution in [0.15, 0.2) is 12.3 Å². The van der Waals surface area contributed by atoms with E-state index in [1.54, 1.807) is 6.20 Å². The van der Waals surface area contributed by atoms with E-state index in [0.717, 1.165) is 18.7 Å². The predicted molar refractivity (Wildman–Crippen MR) is 55.8 cm³/mol. The van der Waals surface area contributed by atoms with Crippen molar-refractivity contribution in [3.05, 3.63) is 18.0 Å². The third-order valence-electron chi connectivity index (χ3n) is 2.99. The topological polar surface area (TPSA) is 57.9 Å². The Hall–Kier alpha value is -0.870. The average Bonchev–Trinajstić information content (AvgIpc) is 2.71. The summed E-state index contributed by atoms with van der Waals surface area (Å²) in [6.07, 6.45) is 2.86. The van der Waals surface area contributed by atoms with Crippen molar-refractivity contribution < 1.29 is 0 Å². The predicted octanol–water partition coefficient (Wildman–Crippen LogP) is 0.892. The molecule has 0 bridgehead atoms. The second-order valence-electron chi connectivity index (χ2n) is 4.24. The van der Waals surface area contributed by atoms with Gasteiger partial charge in [-0.2, -0.15) is 5.10 Å². The maximum atomic E-state index is 6.11. The number of nitrogens with zero attached hydrogens (tertiary/aromatic N) is 2. The minimum atomic E-state index is 0.234. The largest absolute Gasteiger partial charge is 0.326 e. The van der Waals surface area contributed by atoms with Gasteiger partial charge in [0.2, 0.25) is 0 Å². The molecular formula is C10H18N4. The van der Waals surface area contributed by atoms with Gasteiger partial charge in [-0.3, -0.25) is 10.00 Å². The van der Waals surface area contributed by atoms with Gasteiger partial charge in [-0.15, -0.1) is 0 Å². The molecule has 1 aromatic rings. The van der Waals surface area contributed by atoms with Gasteiger partial charge in [0.05, 0.1) is 11.7 Å². The van der Waals surface area contributed by atoms with Crippen molar-refractivity contribution in [2.24, 2.45) is 5.73 Å². The van der Waals surface area contributed by atoms with Crippen molar-refractivity contribution in [1.29, 1.82) is 0 Å². The van der Waals surface area contributed by atoms with E-state index in [2.05, 4.69) is 28.9 Å². The molecule has 1 aromatic heterocycles. The number of rotatable bonds is 2. The van der Waals surface area contributed by atoms with E-state index in [0.29, 0.717) is 12.1 Å². The molecule has 1 aliphatic rings. The van der Waals surface area contributed by atoms with Gasteiger partial charge in [-0.05, 0) is 26.3 Å². The molecule has 2 heterocycles. The Labute approximate surface area is 84.5 Å². The van der Waals surface area contributed by atoms with Crippen molar-refractivity contribution in [1.82, 2.24) is 15.1 Å². The van der Waals surface area contributed by atoms with E-state index in [1.165, 1.54) is 0 Å². The summed E-state index contributed by atoms with van der Waals surface area (Å²) < 4.78 is 0. The Morgan fingerprint density at radius 1 is 1.64 bits per heavy atom. The highest BCUT2D eigenvalue weighted by molar-refractivity contribution is 5.11. The summed E-state index contributed by atoms with van der Waals surface area (Å²) in [6.45, 7) is 5.51. The van der Waals surface area contributed by atoms with Gasteiger partial charge in [-0.25, -0.2) is 0 Å². The highest BCUT2D eigenvalue weighted by atomic mass is 15.3. The zero-order valence-corrected chi connectivity index (χ0v) is 8.77. The molecule has 4 heteroatoms. The molecule has 0 amide bonds. The van der Waals surface area contributed by atoms with Crippen molar-refractivity contribution in [2.45, 2.75) is 38.4 Å². The first-order valence-electron chi connectivity index (χ1n) is 5.20. The monoisotopic (exact) mass is 194 g/mol. The summed E-state index contributed by atoms with van der Waals surface area (Å²) in [7, 11) is 0. The summed E-state index contributed by atoms with van der Waals surface area (Å²) in [5.41, 5.74) is 7.25. The standard InChI is InChI=1S/C10H18N4/c1-7(2)14-6-4-8(11)10(14)9-3-5-12-13-9/h3,5,7-8,10H,4,6,11H2,1-2H3,(H,12,13). The smallest absolute Gasteiger partial charge is 0.0670 e. The molecule has 0 spiro atoms. The van der Waals surface area contributed by atoms with Crippen LogP contribution in [0.5, 0.6) is 0 Å². The Morgan fingerprint density at radius 2 is 2.43 bits per heavy atom. The second kappa shape index (κ2) is 3.71. The molecule has 1 saturated heterocycles. The zero-order chi connectivity index (χ0) is 10.1. The van der Waals surface area contributed by atoms with E-state index >= 15 is 0 Å². The van der Waals surface area contributed by atoms with Crippen LogP contribution >= 0.6 is 0 Å². The van der Waals surface area contributed by atoms with Crippen molar-refractivity contribution in [3.8, 4) is 0 Å². The molecule has 0 saturated carbocycles. The average molecular weight is 194 g/mol. The fourth-order valence-corrected chi connectivity index (χ4v) is 2.26. The third kappa shape index (κ3) is 1.55. The number of aromatic nitrogens is 2. The van der Waals surface area contributed by atoms with Crippen molar-refractivity contribution >= 4 is 0 Å². The molecule has 0 radical (unpaired) electrons. The summed E-state index contributed by atoms with van der Waals surface area (Å²) in [5.74, 6) is 0. The van der Waals surface area contributed by atoms with Crippen molar-refractivity contribution in [2.75, 3.05) is 6.54 Å². The normalized spacial score (nSPS) is 28.9. The van der Waals surface area contributed by atoms with Crippen LogP contribution in [0.4, 0.5) is 0 Å². The third-order valence-corrected chi connectivity index (χ3v) is 2.99. The Balaban J connectivity index is 2.22. The molecular weight excluding hydrogens is 176 g/mol. The lowest BCUT2D eigenvalue weighted by Gasteiger charge is -2.29. The van der Waals surface area contributed by atoms with Gasteiger partial charge in [0.25, 0.3) is 0 Å². The van der Waals surface area contributed by atoms with Crippen LogP contribution in [0, 0.1) is 0 Å². The van der Waals surface area contributed by atoms with Gasteiger partial charge in [0, 0.05) is 24.8 Å². The molecule has 2 rings (SSSR count).